The number of nitrogens with zero attached hydrogens (tertiary/aromatic N) is 1. The second-order valence-corrected chi connectivity index (χ2v) is 7.55. The van der Waals surface area contributed by atoms with Crippen molar-refractivity contribution >= 4 is 40.9 Å². The monoisotopic (exact) mass is 353 g/mol. The van der Waals surface area contributed by atoms with Gasteiger partial charge in [0.1, 0.15) is 5.82 Å². The van der Waals surface area contributed by atoms with Crippen LogP contribution >= 0.6 is 24.0 Å². The van der Waals surface area contributed by atoms with E-state index in [1.165, 1.54) is 12.1 Å². The van der Waals surface area contributed by atoms with Gasteiger partial charge in [0, 0.05) is 30.2 Å². The normalized spacial score (nSPS) is 24.7. The molecular weight excluding hydrogens is 337 g/mol. The highest BCUT2D eigenvalue weighted by Crippen LogP contribution is 2.32. The van der Waals surface area contributed by atoms with Crippen molar-refractivity contribution in [2.45, 2.75) is 17.7 Å². The van der Waals surface area contributed by atoms with Gasteiger partial charge < -0.3 is 19.6 Å². The Labute approximate surface area is 141 Å². The topological polar surface area (TPSA) is 61.1 Å². The molecule has 122 valence electrons. The zero-order valence-corrected chi connectivity index (χ0v) is 13.9. The van der Waals surface area contributed by atoms with Crippen molar-refractivity contribution < 1.29 is 13.9 Å². The molecule has 2 fully saturated rings. The number of rotatable bonds is 1. The van der Waals surface area contributed by atoms with Gasteiger partial charge in [-0.15, -0.1) is 0 Å². The third-order valence-electron chi connectivity index (χ3n) is 4.41. The fraction of sp³-hybridized carbons (Fsp3) is 0.467. The number of carbonyl (C=O) groups is 1. The molecule has 1 amide bonds. The molecule has 0 spiro atoms. The van der Waals surface area contributed by atoms with Crippen LogP contribution in [0.15, 0.2) is 12.1 Å². The van der Waals surface area contributed by atoms with Gasteiger partial charge in [-0.2, -0.15) is 11.8 Å². The van der Waals surface area contributed by atoms with Crippen LogP contribution in [-0.2, 0) is 4.74 Å². The van der Waals surface area contributed by atoms with E-state index in [9.17, 15) is 9.18 Å². The number of carbonyl (C=O) groups excluding carboxylic acids is 1. The van der Waals surface area contributed by atoms with Crippen LogP contribution in [0.3, 0.4) is 0 Å². The average Bonchev–Trinajstić information content (AvgIpc) is 2.92. The maximum Gasteiger partial charge on any atom is 0.256 e. The maximum absolute atomic E-state index is 13.9. The van der Waals surface area contributed by atoms with Crippen molar-refractivity contribution in [2.24, 2.45) is 0 Å². The Hall–Kier alpha value is -1.38. The molecule has 1 aromatic carbocycles. The van der Waals surface area contributed by atoms with Crippen LogP contribution in [0.4, 0.5) is 4.39 Å². The summed E-state index contributed by atoms with van der Waals surface area (Å²) in [5.41, 5.74) is 1.43. The number of nitrogens with one attached hydrogen (secondary N) is 2. The average molecular weight is 353 g/mol. The summed E-state index contributed by atoms with van der Waals surface area (Å²) in [5, 5.41) is 0.301. The van der Waals surface area contributed by atoms with Gasteiger partial charge in [-0.1, -0.05) is 0 Å². The van der Waals surface area contributed by atoms with Gasteiger partial charge in [0.25, 0.3) is 5.91 Å². The molecule has 23 heavy (non-hydrogen) atoms. The third kappa shape index (κ3) is 2.68. The second-order valence-electron chi connectivity index (χ2n) is 5.79. The van der Waals surface area contributed by atoms with E-state index in [2.05, 4.69) is 9.97 Å². The van der Waals surface area contributed by atoms with Gasteiger partial charge in [-0.05, 0) is 30.8 Å². The molecule has 2 aromatic rings. The number of ether oxygens (including phenoxy) is 1. The molecular formula is C15H16FN3O2S2. The zero-order valence-electron chi connectivity index (χ0n) is 12.3. The van der Waals surface area contributed by atoms with Crippen molar-refractivity contribution in [2.75, 3.05) is 25.5 Å². The molecule has 2 atom stereocenters. The first-order chi connectivity index (χ1) is 11.1. The van der Waals surface area contributed by atoms with Gasteiger partial charge in [0.15, 0.2) is 4.77 Å². The van der Waals surface area contributed by atoms with Crippen molar-refractivity contribution in [3.8, 4) is 0 Å². The predicted octanol–water partition coefficient (Wildman–Crippen LogP) is 2.71. The molecule has 0 bridgehead atoms. The Bertz CT molecular complexity index is 817. The molecule has 4 rings (SSSR count). The summed E-state index contributed by atoms with van der Waals surface area (Å²) in [6.45, 7) is 2.01. The minimum atomic E-state index is -0.444. The van der Waals surface area contributed by atoms with Crippen molar-refractivity contribution in [3.05, 3.63) is 28.3 Å². The molecule has 2 aliphatic heterocycles. The Balaban J connectivity index is 1.75. The SMILES string of the molecule is O=C(c1cc(F)cc2[nH]c(=S)[nH]c12)N1CCS[C@H]2COCC[C@@H]21. The molecule has 2 saturated heterocycles. The lowest BCUT2D eigenvalue weighted by Crippen LogP contribution is -2.54. The number of amides is 1. The third-order valence-corrected chi connectivity index (χ3v) is 5.92. The number of benzene rings is 1. The van der Waals surface area contributed by atoms with E-state index < -0.39 is 5.82 Å². The number of aromatic nitrogens is 2. The van der Waals surface area contributed by atoms with Crippen molar-refractivity contribution in [1.29, 1.82) is 0 Å². The molecule has 8 heteroatoms. The predicted molar refractivity (Wildman–Crippen MR) is 89.9 cm³/mol. The number of hydrogen-bond acceptors (Lipinski definition) is 4. The van der Waals surface area contributed by atoms with Gasteiger partial charge in [0.2, 0.25) is 0 Å². The molecule has 0 saturated carbocycles. The van der Waals surface area contributed by atoms with E-state index in [0.717, 1.165) is 12.2 Å². The standard InChI is InChI=1S/C15H16FN3O2S2/c16-8-5-9(13-10(6-8)17-15(22)18-13)14(20)19-2-4-23-12-7-21-3-1-11(12)19/h5-6,11-12H,1-4,7H2,(H2,17,18,22)/t11-,12-/m0/s1. The van der Waals surface area contributed by atoms with E-state index in [1.807, 2.05) is 16.7 Å². The Kier molecular flexibility index (Phi) is 3.90. The fourth-order valence-electron chi connectivity index (χ4n) is 3.37. The van der Waals surface area contributed by atoms with Crippen LogP contribution in [-0.4, -0.2) is 57.6 Å². The van der Waals surface area contributed by atoms with E-state index >= 15 is 0 Å². The van der Waals surface area contributed by atoms with E-state index in [0.29, 0.717) is 46.4 Å². The molecule has 0 unspecified atom stereocenters. The van der Waals surface area contributed by atoms with Crippen LogP contribution in [0, 0.1) is 10.6 Å². The first kappa shape index (κ1) is 15.2. The number of fused-ring (bicyclic) bond motifs is 2. The summed E-state index contributed by atoms with van der Waals surface area (Å²) in [4.78, 5) is 20.8. The lowest BCUT2D eigenvalue weighted by Gasteiger charge is -2.43. The molecule has 3 heterocycles. The first-order valence-electron chi connectivity index (χ1n) is 7.55. The fourth-order valence-corrected chi connectivity index (χ4v) is 4.88. The summed E-state index contributed by atoms with van der Waals surface area (Å²) < 4.78 is 19.8. The number of halogens is 1. The Morgan fingerprint density at radius 1 is 1.43 bits per heavy atom. The van der Waals surface area contributed by atoms with Crippen LogP contribution in [0.1, 0.15) is 16.8 Å². The number of H-pyrrole nitrogens is 2. The highest BCUT2D eigenvalue weighted by Gasteiger charge is 2.37. The summed E-state index contributed by atoms with van der Waals surface area (Å²) in [6.07, 6.45) is 0.824. The Morgan fingerprint density at radius 3 is 3.17 bits per heavy atom. The van der Waals surface area contributed by atoms with E-state index in [-0.39, 0.29) is 11.9 Å². The lowest BCUT2D eigenvalue weighted by molar-refractivity contribution is 0.0320. The number of thioether (sulfide) groups is 1. The van der Waals surface area contributed by atoms with Gasteiger partial charge >= 0.3 is 0 Å². The van der Waals surface area contributed by atoms with E-state index in [4.69, 9.17) is 17.0 Å². The highest BCUT2D eigenvalue weighted by atomic mass is 32.2. The molecule has 0 radical (unpaired) electrons. The van der Waals surface area contributed by atoms with Gasteiger partial charge in [0.05, 0.1) is 23.2 Å². The van der Waals surface area contributed by atoms with E-state index in [1.54, 1.807) is 0 Å². The minimum absolute atomic E-state index is 0.142. The van der Waals surface area contributed by atoms with Crippen LogP contribution in [0.25, 0.3) is 11.0 Å². The Morgan fingerprint density at radius 2 is 2.30 bits per heavy atom. The zero-order chi connectivity index (χ0) is 16.0. The van der Waals surface area contributed by atoms with Gasteiger partial charge in [-0.25, -0.2) is 4.39 Å². The number of hydrogen-bond donors (Lipinski definition) is 2. The summed E-state index contributed by atoms with van der Waals surface area (Å²) in [6, 6.07) is 2.79. The molecule has 0 aliphatic carbocycles. The largest absolute Gasteiger partial charge is 0.380 e. The van der Waals surface area contributed by atoms with Crippen molar-refractivity contribution in [3.63, 3.8) is 0 Å². The van der Waals surface area contributed by atoms with Crippen molar-refractivity contribution in [1.82, 2.24) is 14.9 Å². The summed E-state index contributed by atoms with van der Waals surface area (Å²) in [7, 11) is 0. The quantitative estimate of drug-likeness (QED) is 0.774. The van der Waals surface area contributed by atoms with Crippen LogP contribution < -0.4 is 0 Å². The summed E-state index contributed by atoms with van der Waals surface area (Å²) >= 11 is 6.92. The molecule has 2 N–H and O–H groups in total. The number of imidazole rings is 1. The van der Waals surface area contributed by atoms with Crippen LogP contribution in [0.5, 0.6) is 0 Å². The lowest BCUT2D eigenvalue weighted by atomic mass is 10.0. The molecule has 5 nitrogen and oxygen atoms in total. The summed E-state index contributed by atoms with van der Waals surface area (Å²) in [5.74, 6) is 0.288. The van der Waals surface area contributed by atoms with Gasteiger partial charge in [-0.3, -0.25) is 4.79 Å². The second kappa shape index (κ2) is 5.92. The smallest absolute Gasteiger partial charge is 0.256 e. The minimum Gasteiger partial charge on any atom is -0.380 e. The maximum atomic E-state index is 13.9. The van der Waals surface area contributed by atoms with Crippen LogP contribution in [0.2, 0.25) is 0 Å². The number of aromatic amines is 2. The first-order valence-corrected chi connectivity index (χ1v) is 9.01. The molecule has 1 aromatic heterocycles. The highest BCUT2D eigenvalue weighted by molar-refractivity contribution is 8.00. The molecule has 2 aliphatic rings.